The second-order valence-corrected chi connectivity index (χ2v) is 14.1. The largest absolute Gasteiger partial charge is 0.507 e. The van der Waals surface area contributed by atoms with Crippen LogP contribution in [0.5, 0.6) is 5.75 Å². The minimum absolute atomic E-state index is 0.175. The highest BCUT2D eigenvalue weighted by atomic mass is 16.3. The van der Waals surface area contributed by atoms with Gasteiger partial charge in [-0.2, -0.15) is 0 Å². The van der Waals surface area contributed by atoms with E-state index >= 15 is 0 Å². The fraction of sp³-hybridized carbons (Fsp3) is 0.400. The number of anilines is 1. The fourth-order valence-electron chi connectivity index (χ4n) is 7.06. The van der Waals surface area contributed by atoms with Crippen LogP contribution in [-0.4, -0.2) is 15.6 Å². The molecule has 0 aliphatic heterocycles. The third-order valence-corrected chi connectivity index (χ3v) is 10.6. The summed E-state index contributed by atoms with van der Waals surface area (Å²) in [6.45, 7) is 14.3. The third-order valence-electron chi connectivity index (χ3n) is 10.6. The number of benzene rings is 3. The number of hydrogen-bond donors (Lipinski definition) is 2. The molecule has 1 aromatic heterocycles. The molecule has 49 heavy (non-hydrogen) atoms. The number of phenolic OH excluding ortho intramolecular Hbond substituents is 1. The van der Waals surface area contributed by atoms with E-state index in [0.29, 0.717) is 17.2 Å². The van der Waals surface area contributed by atoms with Crippen LogP contribution in [0, 0.1) is 19.8 Å². The van der Waals surface area contributed by atoms with Crippen LogP contribution in [0.2, 0.25) is 0 Å². The van der Waals surface area contributed by atoms with E-state index < -0.39 is 0 Å². The highest BCUT2D eigenvalue weighted by Gasteiger charge is 2.26. The molecule has 0 spiro atoms. The van der Waals surface area contributed by atoms with Crippen molar-refractivity contribution in [2.45, 2.75) is 112 Å². The summed E-state index contributed by atoms with van der Waals surface area (Å²) in [6, 6.07) is 18.6. The van der Waals surface area contributed by atoms with Gasteiger partial charge in [-0.1, -0.05) is 95.0 Å². The van der Waals surface area contributed by atoms with Crippen molar-refractivity contribution in [2.75, 3.05) is 5.32 Å². The number of aromatic nitrogens is 1. The molecule has 258 valence electrons. The number of aromatic hydroxyl groups is 1. The van der Waals surface area contributed by atoms with Crippen LogP contribution in [0.25, 0.3) is 16.5 Å². The third kappa shape index (κ3) is 8.65. The van der Waals surface area contributed by atoms with Crippen molar-refractivity contribution in [3.63, 3.8) is 0 Å². The molecule has 1 saturated carbocycles. The van der Waals surface area contributed by atoms with E-state index in [0.717, 1.165) is 54.8 Å². The average Bonchev–Trinajstić information content (AvgIpc) is 3.30. The average molecular weight is 657 g/mol. The first-order valence-electron chi connectivity index (χ1n) is 18.6. The van der Waals surface area contributed by atoms with Crippen LogP contribution in [0.4, 0.5) is 5.69 Å². The molecule has 4 nitrogen and oxygen atoms in total. The molecule has 3 aromatic carbocycles. The van der Waals surface area contributed by atoms with Crippen molar-refractivity contribution in [1.82, 2.24) is 4.57 Å². The second-order valence-electron chi connectivity index (χ2n) is 14.1. The number of nitrogens with one attached hydrogen (secondary N) is 1. The molecular formula is C45H56N2O2. The molecule has 1 aliphatic rings. The van der Waals surface area contributed by atoms with Crippen LogP contribution < -0.4 is 5.32 Å². The number of rotatable bonds is 15. The van der Waals surface area contributed by atoms with Gasteiger partial charge in [-0.25, -0.2) is 0 Å². The molecule has 0 bridgehead atoms. The molecule has 0 saturated heterocycles. The molecule has 4 aromatic rings. The summed E-state index contributed by atoms with van der Waals surface area (Å²) < 4.78 is 2.50. The molecule has 1 unspecified atom stereocenters. The van der Waals surface area contributed by atoms with Gasteiger partial charge in [0.1, 0.15) is 5.75 Å². The van der Waals surface area contributed by atoms with Crippen LogP contribution in [0.1, 0.15) is 129 Å². The second kappa shape index (κ2) is 16.9. The Morgan fingerprint density at radius 2 is 1.78 bits per heavy atom. The number of carbonyl (C=O) groups excluding carboxylic acids is 1. The van der Waals surface area contributed by atoms with E-state index in [2.05, 4.69) is 93.1 Å². The van der Waals surface area contributed by atoms with Gasteiger partial charge in [-0.15, -0.1) is 0 Å². The zero-order valence-electron chi connectivity index (χ0n) is 30.6. The van der Waals surface area contributed by atoms with Crippen LogP contribution in [0.3, 0.4) is 0 Å². The SMILES string of the molecule is C\C=C/C(=C\C=C\CC)c1c(O)cc(NC(=O)c2ccc(Cc3ccc4c(c3)c(C)c(C)n4CCCCC(C)CC)cc2)cc1C1CCC1. The Morgan fingerprint density at radius 3 is 2.45 bits per heavy atom. The minimum atomic E-state index is -0.175. The molecule has 4 heteroatoms. The number of aryl methyl sites for hydroxylation is 2. The number of hydrogen-bond acceptors (Lipinski definition) is 2. The summed E-state index contributed by atoms with van der Waals surface area (Å²) in [6.07, 6.45) is 20.5. The van der Waals surface area contributed by atoms with Crippen molar-refractivity contribution >= 4 is 28.1 Å². The van der Waals surface area contributed by atoms with Gasteiger partial charge in [0.25, 0.3) is 5.91 Å². The van der Waals surface area contributed by atoms with Crippen molar-refractivity contribution < 1.29 is 9.90 Å². The number of carbonyl (C=O) groups is 1. The van der Waals surface area contributed by atoms with Gasteiger partial charge in [0, 0.05) is 46.0 Å². The standard InChI is InChI=1S/C45H56N2O2/c1-7-10-11-17-37(15-8-2)44-41(36-18-14-19-36)29-39(30-43(44)48)46-45(49)38-23-20-34(21-24-38)27-35-22-25-42-40(28-35)32(5)33(6)47(42)26-13-12-16-31(4)9-3/h8,10-11,15,17,20-25,28-31,36,48H,7,9,12-14,16,18-19,26-27H2,1-6H3,(H,46,49)/b11-10+,15-8-,37-17+. The number of phenols is 1. The predicted octanol–water partition coefficient (Wildman–Crippen LogP) is 12.2. The lowest BCUT2D eigenvalue weighted by Gasteiger charge is -2.29. The van der Waals surface area contributed by atoms with Gasteiger partial charge in [-0.05, 0) is 123 Å². The lowest BCUT2D eigenvalue weighted by atomic mass is 9.76. The number of nitrogens with zero attached hydrogens (tertiary/aromatic N) is 1. The van der Waals surface area contributed by atoms with Crippen LogP contribution in [0.15, 0.2) is 85.0 Å². The highest BCUT2D eigenvalue weighted by molar-refractivity contribution is 6.04. The zero-order valence-corrected chi connectivity index (χ0v) is 30.6. The Kier molecular flexibility index (Phi) is 12.4. The number of fused-ring (bicyclic) bond motifs is 1. The van der Waals surface area contributed by atoms with Crippen LogP contribution in [-0.2, 0) is 13.0 Å². The summed E-state index contributed by atoms with van der Waals surface area (Å²) in [5.74, 6) is 1.21. The lowest BCUT2D eigenvalue weighted by Crippen LogP contribution is -2.15. The molecule has 1 heterocycles. The Morgan fingerprint density at radius 1 is 1.02 bits per heavy atom. The van der Waals surface area contributed by atoms with Crippen molar-refractivity contribution in [3.05, 3.63) is 124 Å². The maximum Gasteiger partial charge on any atom is 0.255 e. The first-order chi connectivity index (χ1) is 23.7. The fourth-order valence-corrected chi connectivity index (χ4v) is 7.06. The topological polar surface area (TPSA) is 54.3 Å². The first kappa shape index (κ1) is 36.0. The number of allylic oxidation sites excluding steroid dienone is 6. The normalized spacial score (nSPS) is 14.6. The number of unbranched alkanes of at least 4 members (excludes halogenated alkanes) is 1. The molecular weight excluding hydrogens is 601 g/mol. The number of amides is 1. The maximum absolute atomic E-state index is 13.4. The molecule has 5 rings (SSSR count). The van der Waals surface area contributed by atoms with Crippen molar-refractivity contribution in [3.8, 4) is 5.75 Å². The zero-order chi connectivity index (χ0) is 34.9. The molecule has 1 atom stereocenters. The lowest BCUT2D eigenvalue weighted by molar-refractivity contribution is 0.102. The van der Waals surface area contributed by atoms with Crippen LogP contribution >= 0.6 is 0 Å². The summed E-state index contributed by atoms with van der Waals surface area (Å²) in [7, 11) is 0. The Bertz CT molecular complexity index is 1830. The van der Waals surface area contributed by atoms with Gasteiger partial charge in [0.05, 0.1) is 0 Å². The molecule has 1 aliphatic carbocycles. The molecule has 1 amide bonds. The Labute approximate surface area is 294 Å². The first-order valence-corrected chi connectivity index (χ1v) is 18.6. The Balaban J connectivity index is 1.28. The molecule has 1 fully saturated rings. The van der Waals surface area contributed by atoms with Gasteiger partial charge >= 0.3 is 0 Å². The van der Waals surface area contributed by atoms with E-state index in [1.807, 2.05) is 37.3 Å². The highest BCUT2D eigenvalue weighted by Crippen LogP contribution is 2.44. The molecule has 2 N–H and O–H groups in total. The summed E-state index contributed by atoms with van der Waals surface area (Å²) in [5, 5.41) is 15.7. The van der Waals surface area contributed by atoms with E-state index in [4.69, 9.17) is 0 Å². The smallest absolute Gasteiger partial charge is 0.255 e. The van der Waals surface area contributed by atoms with Gasteiger partial charge < -0.3 is 15.0 Å². The quantitative estimate of drug-likeness (QED) is 0.0988. The Hall–Kier alpha value is -4.31. The van der Waals surface area contributed by atoms with E-state index in [1.54, 1.807) is 6.07 Å². The van der Waals surface area contributed by atoms with Gasteiger partial charge in [-0.3, -0.25) is 4.79 Å². The minimum Gasteiger partial charge on any atom is -0.507 e. The summed E-state index contributed by atoms with van der Waals surface area (Å²) in [5.41, 5.74) is 10.7. The monoisotopic (exact) mass is 656 g/mol. The van der Waals surface area contributed by atoms with E-state index in [9.17, 15) is 9.90 Å². The van der Waals surface area contributed by atoms with Gasteiger partial charge in [0.2, 0.25) is 0 Å². The van der Waals surface area contributed by atoms with E-state index in [1.165, 1.54) is 65.4 Å². The molecule has 0 radical (unpaired) electrons. The summed E-state index contributed by atoms with van der Waals surface area (Å²) >= 11 is 0. The maximum atomic E-state index is 13.4. The van der Waals surface area contributed by atoms with Crippen molar-refractivity contribution in [2.24, 2.45) is 5.92 Å². The van der Waals surface area contributed by atoms with E-state index in [-0.39, 0.29) is 11.7 Å². The predicted molar refractivity (Wildman–Crippen MR) is 209 cm³/mol. The summed E-state index contributed by atoms with van der Waals surface area (Å²) in [4.78, 5) is 13.4. The van der Waals surface area contributed by atoms with Gasteiger partial charge in [0.15, 0.2) is 0 Å². The van der Waals surface area contributed by atoms with Crippen molar-refractivity contribution in [1.29, 1.82) is 0 Å².